The molecule has 0 spiro atoms. The first-order valence-electron chi connectivity index (χ1n) is 6.08. The fourth-order valence-electron chi connectivity index (χ4n) is 1.79. The maximum Gasteiger partial charge on any atom is 0.192 e. The summed E-state index contributed by atoms with van der Waals surface area (Å²) in [7, 11) is 1.75. The highest BCUT2D eigenvalue weighted by molar-refractivity contribution is 5.95. The summed E-state index contributed by atoms with van der Waals surface area (Å²) >= 11 is 0. The van der Waals surface area contributed by atoms with Gasteiger partial charge in [0.25, 0.3) is 0 Å². The molecule has 7 heteroatoms. The van der Waals surface area contributed by atoms with Crippen LogP contribution in [0.15, 0.2) is 42.9 Å². The van der Waals surface area contributed by atoms with E-state index in [9.17, 15) is 4.79 Å². The predicted octanol–water partition coefficient (Wildman–Crippen LogP) is 0.821. The molecule has 0 bridgehead atoms. The summed E-state index contributed by atoms with van der Waals surface area (Å²) in [5.41, 5.74) is 1.13. The first kappa shape index (κ1) is 12.2. The number of hydrogen-bond acceptors (Lipinski definition) is 5. The SMILES string of the molecule is Cn1ncnc1CC(=O)c1cnn(-c2ccccc2)n1. The summed E-state index contributed by atoms with van der Waals surface area (Å²) in [6, 6.07) is 9.43. The van der Waals surface area contributed by atoms with Gasteiger partial charge in [0.1, 0.15) is 17.8 Å². The zero-order valence-electron chi connectivity index (χ0n) is 10.8. The maximum atomic E-state index is 12.1. The topological polar surface area (TPSA) is 78.5 Å². The molecule has 3 rings (SSSR count). The molecule has 3 aromatic rings. The van der Waals surface area contributed by atoms with Crippen molar-refractivity contribution in [2.45, 2.75) is 6.42 Å². The van der Waals surface area contributed by atoms with Gasteiger partial charge in [-0.05, 0) is 12.1 Å². The second-order valence-electron chi connectivity index (χ2n) is 4.25. The van der Waals surface area contributed by atoms with Crippen molar-refractivity contribution in [3.8, 4) is 5.69 Å². The van der Waals surface area contributed by atoms with Crippen molar-refractivity contribution in [1.82, 2.24) is 29.8 Å². The first-order valence-corrected chi connectivity index (χ1v) is 6.08. The Labute approximate surface area is 114 Å². The van der Waals surface area contributed by atoms with Gasteiger partial charge < -0.3 is 0 Å². The molecule has 0 aliphatic rings. The lowest BCUT2D eigenvalue weighted by atomic mass is 10.2. The molecule has 100 valence electrons. The van der Waals surface area contributed by atoms with Gasteiger partial charge in [0.15, 0.2) is 5.78 Å². The molecule has 0 aliphatic heterocycles. The smallest absolute Gasteiger partial charge is 0.192 e. The largest absolute Gasteiger partial charge is 0.292 e. The number of aryl methyl sites for hydroxylation is 1. The lowest BCUT2D eigenvalue weighted by Crippen LogP contribution is -2.10. The summed E-state index contributed by atoms with van der Waals surface area (Å²) in [4.78, 5) is 17.6. The van der Waals surface area contributed by atoms with Crippen LogP contribution in [0.4, 0.5) is 0 Å². The van der Waals surface area contributed by atoms with Gasteiger partial charge in [0, 0.05) is 7.05 Å². The fourth-order valence-corrected chi connectivity index (χ4v) is 1.79. The van der Waals surface area contributed by atoms with Crippen molar-refractivity contribution >= 4 is 5.78 Å². The number of carbonyl (C=O) groups excluding carboxylic acids is 1. The number of nitrogens with zero attached hydrogens (tertiary/aromatic N) is 6. The normalized spacial score (nSPS) is 10.7. The van der Waals surface area contributed by atoms with Crippen LogP contribution in [0, 0.1) is 0 Å². The minimum Gasteiger partial charge on any atom is -0.292 e. The third-order valence-electron chi connectivity index (χ3n) is 2.89. The highest BCUT2D eigenvalue weighted by Crippen LogP contribution is 2.06. The molecule has 0 fully saturated rings. The van der Waals surface area contributed by atoms with Gasteiger partial charge in [0.2, 0.25) is 0 Å². The minimum atomic E-state index is -0.136. The molecule has 20 heavy (non-hydrogen) atoms. The van der Waals surface area contributed by atoms with Crippen molar-refractivity contribution in [3.05, 3.63) is 54.4 Å². The summed E-state index contributed by atoms with van der Waals surface area (Å²) in [6.07, 6.45) is 3.04. The predicted molar refractivity (Wildman–Crippen MR) is 70.4 cm³/mol. The maximum absolute atomic E-state index is 12.1. The van der Waals surface area contributed by atoms with E-state index in [4.69, 9.17) is 0 Å². The number of Topliss-reactive ketones (excluding diaryl/α,β-unsaturated/α-hetero) is 1. The Morgan fingerprint density at radius 1 is 1.20 bits per heavy atom. The Hall–Kier alpha value is -2.83. The molecule has 2 heterocycles. The Morgan fingerprint density at radius 3 is 2.70 bits per heavy atom. The summed E-state index contributed by atoms with van der Waals surface area (Å²) < 4.78 is 1.57. The van der Waals surface area contributed by atoms with Crippen molar-refractivity contribution in [2.24, 2.45) is 7.05 Å². The zero-order valence-corrected chi connectivity index (χ0v) is 10.8. The van der Waals surface area contributed by atoms with Crippen molar-refractivity contribution in [3.63, 3.8) is 0 Å². The van der Waals surface area contributed by atoms with Gasteiger partial charge in [-0.1, -0.05) is 18.2 Å². The summed E-state index contributed by atoms with van der Waals surface area (Å²) in [6.45, 7) is 0. The van der Waals surface area contributed by atoms with Gasteiger partial charge >= 0.3 is 0 Å². The molecule has 0 unspecified atom stereocenters. The Balaban J connectivity index is 1.80. The van der Waals surface area contributed by atoms with Crippen molar-refractivity contribution in [2.75, 3.05) is 0 Å². The molecular weight excluding hydrogens is 256 g/mol. The van der Waals surface area contributed by atoms with E-state index >= 15 is 0 Å². The van der Waals surface area contributed by atoms with Crippen molar-refractivity contribution in [1.29, 1.82) is 0 Å². The van der Waals surface area contributed by atoms with Crippen LogP contribution in [-0.2, 0) is 13.5 Å². The van der Waals surface area contributed by atoms with Crippen LogP contribution >= 0.6 is 0 Å². The highest BCUT2D eigenvalue weighted by atomic mass is 16.1. The summed E-state index contributed by atoms with van der Waals surface area (Å²) in [5, 5.41) is 12.2. The molecule has 0 N–H and O–H groups in total. The molecular formula is C13H12N6O. The van der Waals surface area contributed by atoms with E-state index in [2.05, 4.69) is 20.3 Å². The third-order valence-corrected chi connectivity index (χ3v) is 2.89. The average molecular weight is 268 g/mol. The number of ketones is 1. The minimum absolute atomic E-state index is 0.136. The lowest BCUT2D eigenvalue weighted by molar-refractivity contribution is 0.0984. The molecule has 7 nitrogen and oxygen atoms in total. The van der Waals surface area contributed by atoms with Crippen LogP contribution in [0.1, 0.15) is 16.3 Å². The van der Waals surface area contributed by atoms with E-state index in [1.807, 2.05) is 30.3 Å². The van der Waals surface area contributed by atoms with Crippen LogP contribution in [0.25, 0.3) is 5.69 Å². The van der Waals surface area contributed by atoms with Gasteiger partial charge in [-0.15, -0.1) is 5.10 Å². The van der Waals surface area contributed by atoms with E-state index in [0.717, 1.165) is 5.69 Å². The van der Waals surface area contributed by atoms with Crippen LogP contribution < -0.4 is 0 Å². The van der Waals surface area contributed by atoms with Gasteiger partial charge in [-0.25, -0.2) is 4.98 Å². The molecule has 0 atom stereocenters. The van der Waals surface area contributed by atoms with Crippen LogP contribution in [0.2, 0.25) is 0 Å². The number of benzene rings is 1. The van der Waals surface area contributed by atoms with Crippen LogP contribution in [-0.4, -0.2) is 35.5 Å². The first-order chi connectivity index (χ1) is 9.74. The van der Waals surface area contributed by atoms with Crippen LogP contribution in [0.5, 0.6) is 0 Å². The second-order valence-corrected chi connectivity index (χ2v) is 4.25. The molecule has 0 saturated carbocycles. The molecule has 2 aromatic heterocycles. The Kier molecular flexibility index (Phi) is 3.08. The molecule has 0 amide bonds. The Bertz CT molecular complexity index is 730. The standard InChI is InChI=1S/C13H12N6O/c1-18-13(14-9-16-18)7-12(20)11-8-15-19(17-11)10-5-3-2-4-6-10/h2-6,8-9H,7H2,1H3. The van der Waals surface area contributed by atoms with Crippen LogP contribution in [0.3, 0.4) is 0 Å². The summed E-state index contributed by atoms with van der Waals surface area (Å²) in [5.74, 6) is 0.465. The van der Waals surface area contributed by atoms with E-state index in [-0.39, 0.29) is 12.2 Å². The Morgan fingerprint density at radius 2 is 2.00 bits per heavy atom. The van der Waals surface area contributed by atoms with Gasteiger partial charge in [0.05, 0.1) is 18.3 Å². The van der Waals surface area contributed by atoms with E-state index in [1.165, 1.54) is 17.3 Å². The van der Waals surface area contributed by atoms with E-state index < -0.39 is 0 Å². The molecule has 0 radical (unpaired) electrons. The van der Waals surface area contributed by atoms with Crippen molar-refractivity contribution < 1.29 is 4.79 Å². The molecule has 0 saturated heterocycles. The zero-order chi connectivity index (χ0) is 13.9. The van der Waals surface area contributed by atoms with E-state index in [1.54, 1.807) is 11.7 Å². The molecule has 1 aromatic carbocycles. The van der Waals surface area contributed by atoms with E-state index in [0.29, 0.717) is 11.5 Å². The lowest BCUT2D eigenvalue weighted by Gasteiger charge is -1.98. The molecule has 0 aliphatic carbocycles. The highest BCUT2D eigenvalue weighted by Gasteiger charge is 2.14. The van der Waals surface area contributed by atoms with Gasteiger partial charge in [-0.2, -0.15) is 15.0 Å². The number of aromatic nitrogens is 6. The monoisotopic (exact) mass is 268 g/mol. The van der Waals surface area contributed by atoms with Gasteiger partial charge in [-0.3, -0.25) is 9.48 Å². The number of para-hydroxylation sites is 1. The fraction of sp³-hybridized carbons (Fsp3) is 0.154. The number of carbonyl (C=O) groups is 1. The quantitative estimate of drug-likeness (QED) is 0.655. The second kappa shape index (κ2) is 5.04. The average Bonchev–Trinajstić information content (AvgIpc) is 3.10. The third kappa shape index (κ3) is 2.33. The number of rotatable bonds is 4. The number of hydrogen-bond donors (Lipinski definition) is 0.